The quantitative estimate of drug-likeness (QED) is 0.778. The number of aryl methyl sites for hydroxylation is 1. The fourth-order valence-electron chi connectivity index (χ4n) is 3.08. The lowest BCUT2D eigenvalue weighted by atomic mass is 9.98. The summed E-state index contributed by atoms with van der Waals surface area (Å²) in [5.74, 6) is 0.584. The van der Waals surface area contributed by atoms with Crippen molar-refractivity contribution in [2.45, 2.75) is 25.7 Å². The molecule has 0 spiro atoms. The van der Waals surface area contributed by atoms with Gasteiger partial charge in [-0.25, -0.2) is 0 Å². The maximum Gasteiger partial charge on any atom is 0.303 e. The molecule has 0 saturated carbocycles. The Labute approximate surface area is 146 Å². The number of methoxy groups -OCH3 is 1. The van der Waals surface area contributed by atoms with Gasteiger partial charge in [-0.15, -0.1) is 0 Å². The number of hydrogen-bond donors (Lipinski definition) is 1. The molecular weight excluding hydrogens is 320 g/mol. The van der Waals surface area contributed by atoms with Crippen molar-refractivity contribution < 1.29 is 24.2 Å². The summed E-state index contributed by atoms with van der Waals surface area (Å²) >= 11 is 0. The molecule has 5 heteroatoms. The van der Waals surface area contributed by atoms with Crippen LogP contribution >= 0.6 is 0 Å². The smallest absolute Gasteiger partial charge is 0.303 e. The number of para-hydroxylation sites is 1. The van der Waals surface area contributed by atoms with Gasteiger partial charge in [0.15, 0.2) is 5.78 Å². The van der Waals surface area contributed by atoms with Crippen molar-refractivity contribution in [3.05, 3.63) is 47.5 Å². The number of carboxylic acids is 1. The van der Waals surface area contributed by atoms with Gasteiger partial charge >= 0.3 is 5.97 Å². The highest BCUT2D eigenvalue weighted by molar-refractivity contribution is 6.02. The van der Waals surface area contributed by atoms with Crippen molar-refractivity contribution in [2.24, 2.45) is 0 Å². The molecule has 25 heavy (non-hydrogen) atoms. The Morgan fingerprint density at radius 2 is 1.88 bits per heavy atom. The number of ether oxygens (including phenoxy) is 2. The highest BCUT2D eigenvalue weighted by Crippen LogP contribution is 2.40. The summed E-state index contributed by atoms with van der Waals surface area (Å²) in [4.78, 5) is 22.7. The van der Waals surface area contributed by atoms with Crippen LogP contribution in [0, 0.1) is 0 Å². The minimum Gasteiger partial charge on any atom is -0.496 e. The van der Waals surface area contributed by atoms with E-state index >= 15 is 0 Å². The number of hydrogen-bond acceptors (Lipinski definition) is 4. The van der Waals surface area contributed by atoms with E-state index in [0.717, 1.165) is 28.9 Å². The van der Waals surface area contributed by atoms with E-state index in [1.165, 1.54) is 0 Å². The summed E-state index contributed by atoms with van der Waals surface area (Å²) in [7, 11) is 1.61. The van der Waals surface area contributed by atoms with Crippen LogP contribution < -0.4 is 9.47 Å². The highest BCUT2D eigenvalue weighted by atomic mass is 16.5. The molecule has 0 bridgehead atoms. The fraction of sp³-hybridized carbons (Fsp3) is 0.300. The standard InChI is InChI=1S/C20H20O5/c1-24-18-6-3-2-5-14(18)16-11-13-8-9-17(21)15(13)12-19(16)25-10-4-7-20(22)23/h2-3,5-6,11-12H,4,7-10H2,1H3,(H,22,23). The molecule has 0 amide bonds. The predicted molar refractivity (Wildman–Crippen MR) is 93.4 cm³/mol. The topological polar surface area (TPSA) is 72.8 Å². The number of carboxylic acid groups (broad SMARTS) is 1. The van der Waals surface area contributed by atoms with Crippen LogP contribution in [-0.4, -0.2) is 30.6 Å². The van der Waals surface area contributed by atoms with Crippen LogP contribution in [0.15, 0.2) is 36.4 Å². The van der Waals surface area contributed by atoms with E-state index in [0.29, 0.717) is 24.2 Å². The van der Waals surface area contributed by atoms with Gasteiger partial charge in [-0.05, 0) is 36.6 Å². The zero-order valence-corrected chi connectivity index (χ0v) is 14.1. The van der Waals surface area contributed by atoms with Crippen LogP contribution in [0.4, 0.5) is 0 Å². The summed E-state index contributed by atoms with van der Waals surface area (Å²) in [5.41, 5.74) is 3.47. The fourth-order valence-corrected chi connectivity index (χ4v) is 3.08. The number of Topliss-reactive ketones (excluding diaryl/α,β-unsaturated/α-hetero) is 1. The van der Waals surface area contributed by atoms with Crippen LogP contribution in [0.2, 0.25) is 0 Å². The van der Waals surface area contributed by atoms with Crippen molar-refractivity contribution in [1.29, 1.82) is 0 Å². The zero-order valence-electron chi connectivity index (χ0n) is 14.1. The summed E-state index contributed by atoms with van der Waals surface area (Å²) in [6.07, 6.45) is 1.71. The van der Waals surface area contributed by atoms with Gasteiger partial charge in [0.2, 0.25) is 0 Å². The van der Waals surface area contributed by atoms with Crippen molar-refractivity contribution >= 4 is 11.8 Å². The Bertz CT molecular complexity index is 810. The summed E-state index contributed by atoms with van der Waals surface area (Å²) in [5, 5.41) is 8.76. The maximum absolute atomic E-state index is 12.0. The van der Waals surface area contributed by atoms with Crippen molar-refractivity contribution in [2.75, 3.05) is 13.7 Å². The summed E-state index contributed by atoms with van der Waals surface area (Å²) < 4.78 is 11.3. The Kier molecular flexibility index (Phi) is 5.03. The first kappa shape index (κ1) is 17.0. The largest absolute Gasteiger partial charge is 0.496 e. The normalized spacial score (nSPS) is 12.8. The zero-order chi connectivity index (χ0) is 17.8. The molecule has 3 rings (SSSR count). The van der Waals surface area contributed by atoms with E-state index in [1.54, 1.807) is 13.2 Å². The second-order valence-corrected chi connectivity index (χ2v) is 5.97. The minimum absolute atomic E-state index is 0.0495. The number of ketones is 1. The molecule has 0 fully saturated rings. The summed E-state index contributed by atoms with van der Waals surface area (Å²) in [6, 6.07) is 11.4. The average Bonchev–Trinajstić information content (AvgIpc) is 2.98. The van der Waals surface area contributed by atoms with Crippen LogP contribution in [0.3, 0.4) is 0 Å². The van der Waals surface area contributed by atoms with Crippen molar-refractivity contribution in [3.8, 4) is 22.6 Å². The molecule has 0 aromatic heterocycles. The van der Waals surface area contributed by atoms with Crippen molar-refractivity contribution in [1.82, 2.24) is 0 Å². The van der Waals surface area contributed by atoms with Gasteiger partial charge in [-0.3, -0.25) is 9.59 Å². The molecule has 0 aliphatic heterocycles. The third kappa shape index (κ3) is 3.65. The number of carbonyl (C=O) groups is 2. The maximum atomic E-state index is 12.0. The molecule has 0 radical (unpaired) electrons. The predicted octanol–water partition coefficient (Wildman–Crippen LogP) is 3.73. The monoisotopic (exact) mass is 340 g/mol. The third-order valence-electron chi connectivity index (χ3n) is 4.32. The first-order valence-electron chi connectivity index (χ1n) is 8.28. The van der Waals surface area contributed by atoms with Gasteiger partial charge in [-0.1, -0.05) is 18.2 Å². The van der Waals surface area contributed by atoms with E-state index < -0.39 is 5.97 Å². The number of benzene rings is 2. The van der Waals surface area contributed by atoms with Gasteiger partial charge in [0, 0.05) is 29.5 Å². The average molecular weight is 340 g/mol. The second kappa shape index (κ2) is 7.38. The molecule has 130 valence electrons. The van der Waals surface area contributed by atoms with E-state index in [4.69, 9.17) is 14.6 Å². The van der Waals surface area contributed by atoms with Gasteiger partial charge in [0.05, 0.1) is 13.7 Å². The minimum atomic E-state index is -0.849. The second-order valence-electron chi connectivity index (χ2n) is 5.97. The Morgan fingerprint density at radius 3 is 2.64 bits per heavy atom. The lowest BCUT2D eigenvalue weighted by molar-refractivity contribution is -0.137. The van der Waals surface area contributed by atoms with Crippen molar-refractivity contribution in [3.63, 3.8) is 0 Å². The van der Waals surface area contributed by atoms with E-state index in [-0.39, 0.29) is 18.8 Å². The van der Waals surface area contributed by atoms with Crippen LogP contribution in [-0.2, 0) is 11.2 Å². The molecule has 1 N–H and O–H groups in total. The molecule has 0 heterocycles. The molecule has 2 aromatic carbocycles. The van der Waals surface area contributed by atoms with E-state index in [2.05, 4.69) is 0 Å². The third-order valence-corrected chi connectivity index (χ3v) is 4.32. The molecule has 1 aliphatic rings. The van der Waals surface area contributed by atoms with Gasteiger partial charge in [-0.2, -0.15) is 0 Å². The van der Waals surface area contributed by atoms with Crippen LogP contribution in [0.1, 0.15) is 35.2 Å². The van der Waals surface area contributed by atoms with Gasteiger partial charge in [0.1, 0.15) is 11.5 Å². The first-order chi connectivity index (χ1) is 12.1. The molecule has 2 aromatic rings. The Hall–Kier alpha value is -2.82. The van der Waals surface area contributed by atoms with Crippen LogP contribution in [0.5, 0.6) is 11.5 Å². The molecule has 0 unspecified atom stereocenters. The van der Waals surface area contributed by atoms with Gasteiger partial charge in [0.25, 0.3) is 0 Å². The highest BCUT2D eigenvalue weighted by Gasteiger charge is 2.23. The first-order valence-corrected chi connectivity index (χ1v) is 8.28. The number of fused-ring (bicyclic) bond motifs is 1. The Balaban J connectivity index is 1.97. The van der Waals surface area contributed by atoms with E-state index in [1.807, 2.05) is 30.3 Å². The molecule has 1 aliphatic carbocycles. The number of aliphatic carboxylic acids is 1. The van der Waals surface area contributed by atoms with Gasteiger partial charge < -0.3 is 14.6 Å². The lowest BCUT2D eigenvalue weighted by Gasteiger charge is -2.16. The Morgan fingerprint density at radius 1 is 1.08 bits per heavy atom. The van der Waals surface area contributed by atoms with Crippen LogP contribution in [0.25, 0.3) is 11.1 Å². The lowest BCUT2D eigenvalue weighted by Crippen LogP contribution is -2.04. The number of rotatable bonds is 7. The summed E-state index contributed by atoms with van der Waals surface area (Å²) in [6.45, 7) is 0.279. The molecular formula is C20H20O5. The molecule has 0 atom stereocenters. The van der Waals surface area contributed by atoms with E-state index in [9.17, 15) is 9.59 Å². The molecule has 5 nitrogen and oxygen atoms in total. The number of carbonyl (C=O) groups excluding carboxylic acids is 1. The molecule has 0 saturated heterocycles. The SMILES string of the molecule is COc1ccccc1-c1cc2c(cc1OCCCC(=O)O)C(=O)CC2.